The predicted octanol–water partition coefficient (Wildman–Crippen LogP) is 7.76. The van der Waals surface area contributed by atoms with Crippen LogP contribution in [-0.4, -0.2) is 25.8 Å². The fourth-order valence-corrected chi connectivity index (χ4v) is 8.63. The molecule has 6 aromatic rings. The molecule has 0 saturated carbocycles. The van der Waals surface area contributed by atoms with Crippen LogP contribution < -0.4 is 10.9 Å². The van der Waals surface area contributed by atoms with Gasteiger partial charge in [-0.1, -0.05) is 29.5 Å². The monoisotopic (exact) mass is 625 g/mol. The molecule has 0 bridgehead atoms. The van der Waals surface area contributed by atoms with Gasteiger partial charge in [0.25, 0.3) is 17.2 Å². The van der Waals surface area contributed by atoms with Crippen molar-refractivity contribution in [1.82, 2.24) is 15.0 Å². The maximum atomic E-state index is 13.0. The number of nitrogens with one attached hydrogen (secondary N) is 2. The molecule has 0 radical (unpaired) electrons. The Balaban J connectivity index is 1.15. The van der Waals surface area contributed by atoms with E-state index in [1.807, 2.05) is 31.2 Å². The minimum Gasteiger partial charge on any atom is -0.322 e. The van der Waals surface area contributed by atoms with E-state index in [4.69, 9.17) is 4.98 Å². The molecule has 0 unspecified atom stereocenters. The van der Waals surface area contributed by atoms with E-state index in [1.165, 1.54) is 34.0 Å². The zero-order valence-electron chi connectivity index (χ0n) is 22.8. The van der Waals surface area contributed by atoms with Crippen molar-refractivity contribution in [1.29, 1.82) is 0 Å². The Bertz CT molecular complexity index is 2130. The summed E-state index contributed by atoms with van der Waals surface area (Å²) in [6.07, 6.45) is 4.01. The highest BCUT2D eigenvalue weighted by Gasteiger charge is 2.22. The third kappa shape index (κ3) is 5.33. The number of H-pyrrole nitrogens is 1. The lowest BCUT2D eigenvalue weighted by molar-refractivity contribution is -0.387. The molecule has 214 valence electrons. The van der Waals surface area contributed by atoms with E-state index in [9.17, 15) is 19.7 Å². The number of benzene rings is 3. The van der Waals surface area contributed by atoms with Crippen LogP contribution in [0.3, 0.4) is 0 Å². The average Bonchev–Trinajstić information content (AvgIpc) is 3.58. The zero-order chi connectivity index (χ0) is 29.7. The minimum atomic E-state index is -0.432. The molecule has 0 spiro atoms. The van der Waals surface area contributed by atoms with Gasteiger partial charge in [0, 0.05) is 27.8 Å². The molecule has 7 rings (SSSR count). The molecule has 1 aliphatic rings. The van der Waals surface area contributed by atoms with Gasteiger partial charge in [-0.05, 0) is 80.6 Å². The number of nitrogens with zero attached hydrogens (tertiary/aromatic N) is 3. The molecular formula is C31H23N5O4S3. The van der Waals surface area contributed by atoms with E-state index in [2.05, 4.69) is 15.3 Å². The smallest absolute Gasteiger partial charge is 0.284 e. The van der Waals surface area contributed by atoms with Crippen molar-refractivity contribution in [2.24, 2.45) is 0 Å². The van der Waals surface area contributed by atoms with Crippen LogP contribution >= 0.6 is 34.4 Å². The molecule has 1 aliphatic carbocycles. The van der Waals surface area contributed by atoms with Crippen molar-refractivity contribution < 1.29 is 9.72 Å². The summed E-state index contributed by atoms with van der Waals surface area (Å²) in [6, 6.07) is 17.6. The van der Waals surface area contributed by atoms with Crippen molar-refractivity contribution in [3.63, 3.8) is 0 Å². The summed E-state index contributed by atoms with van der Waals surface area (Å²) in [6.45, 7) is 1.97. The van der Waals surface area contributed by atoms with Crippen molar-refractivity contribution in [3.8, 4) is 11.4 Å². The van der Waals surface area contributed by atoms with E-state index in [0.29, 0.717) is 42.1 Å². The second-order valence-corrected chi connectivity index (χ2v) is 13.7. The number of aryl methyl sites for hydroxylation is 3. The Morgan fingerprint density at radius 1 is 1.02 bits per heavy atom. The lowest BCUT2D eigenvalue weighted by Gasteiger charge is -2.09. The largest absolute Gasteiger partial charge is 0.322 e. The quantitative estimate of drug-likeness (QED) is 0.143. The number of anilines is 1. The van der Waals surface area contributed by atoms with Crippen molar-refractivity contribution >= 4 is 72.2 Å². The predicted molar refractivity (Wildman–Crippen MR) is 172 cm³/mol. The van der Waals surface area contributed by atoms with Gasteiger partial charge >= 0.3 is 0 Å². The van der Waals surface area contributed by atoms with Crippen LogP contribution in [0.15, 0.2) is 74.7 Å². The molecule has 0 saturated heterocycles. The average molecular weight is 626 g/mol. The third-order valence-electron chi connectivity index (χ3n) is 7.39. The lowest BCUT2D eigenvalue weighted by atomic mass is 9.97. The molecular weight excluding hydrogens is 603 g/mol. The molecule has 2 N–H and O–H groups in total. The van der Waals surface area contributed by atoms with Gasteiger partial charge in [-0.25, -0.2) is 9.97 Å². The van der Waals surface area contributed by atoms with E-state index >= 15 is 0 Å². The van der Waals surface area contributed by atoms with Crippen LogP contribution in [0.25, 0.3) is 31.8 Å². The number of hydrogen-bond donors (Lipinski definition) is 2. The first-order valence-corrected chi connectivity index (χ1v) is 16.1. The molecule has 3 heterocycles. The number of fused-ring (bicyclic) bond motifs is 4. The number of carbonyl (C=O) groups excluding carboxylic acids is 1. The van der Waals surface area contributed by atoms with E-state index in [1.54, 1.807) is 41.7 Å². The highest BCUT2D eigenvalue weighted by atomic mass is 32.2. The number of aromatic nitrogens is 3. The summed E-state index contributed by atoms with van der Waals surface area (Å²) in [5.74, 6) is 0.110. The molecule has 3 aromatic heterocycles. The molecule has 12 heteroatoms. The number of carbonyl (C=O) groups is 1. The summed E-state index contributed by atoms with van der Waals surface area (Å²) in [4.78, 5) is 51.9. The standard InChI is InChI=1S/C31H23N5O4S3/c1-16-6-8-17(9-7-16)28(37)32-19-11-12-21-25(15-19)43-31(33-21)42-24-13-10-18(14-22(24)36(39)40)27-34-29(38)26-20-4-2-3-5-23(20)41-30(26)35-27/h6-15H,2-5H2,1H3,(H,32,37)(H,34,35,38). The Labute approximate surface area is 257 Å². The van der Waals surface area contributed by atoms with Gasteiger partial charge < -0.3 is 10.3 Å². The molecule has 0 fully saturated rings. The van der Waals surface area contributed by atoms with Gasteiger partial charge in [0.2, 0.25) is 0 Å². The lowest BCUT2D eigenvalue weighted by Crippen LogP contribution is -2.11. The fourth-order valence-electron chi connectivity index (χ4n) is 5.22. The van der Waals surface area contributed by atoms with Gasteiger partial charge in [0.05, 0.1) is 25.4 Å². The van der Waals surface area contributed by atoms with Gasteiger partial charge in [-0.2, -0.15) is 0 Å². The van der Waals surface area contributed by atoms with E-state index < -0.39 is 4.92 Å². The van der Waals surface area contributed by atoms with Gasteiger partial charge in [-0.15, -0.1) is 22.7 Å². The highest BCUT2D eigenvalue weighted by Crippen LogP contribution is 2.41. The van der Waals surface area contributed by atoms with Crippen LogP contribution in [0.1, 0.15) is 39.2 Å². The Kier molecular flexibility index (Phi) is 7.04. The number of thiazole rings is 1. The molecule has 3 aromatic carbocycles. The maximum Gasteiger partial charge on any atom is 0.284 e. The number of rotatable bonds is 6. The van der Waals surface area contributed by atoms with Crippen LogP contribution in [-0.2, 0) is 12.8 Å². The summed E-state index contributed by atoms with van der Waals surface area (Å²) >= 11 is 4.13. The molecule has 0 atom stereocenters. The second kappa shape index (κ2) is 11.0. The number of nitro groups is 1. The molecule has 0 aliphatic heterocycles. The summed E-state index contributed by atoms with van der Waals surface area (Å²) in [7, 11) is 0. The first-order valence-electron chi connectivity index (χ1n) is 13.6. The molecule has 9 nitrogen and oxygen atoms in total. The first-order chi connectivity index (χ1) is 20.8. The number of amides is 1. The second-order valence-electron chi connectivity index (χ2n) is 10.3. The molecule has 43 heavy (non-hydrogen) atoms. The van der Waals surface area contributed by atoms with E-state index in [0.717, 1.165) is 47.0 Å². The summed E-state index contributed by atoms with van der Waals surface area (Å²) in [5, 5.41) is 15.7. The first kappa shape index (κ1) is 27.4. The minimum absolute atomic E-state index is 0.0963. The van der Waals surface area contributed by atoms with Crippen LogP contribution in [0.2, 0.25) is 0 Å². The third-order valence-corrected chi connectivity index (χ3v) is 10.7. The van der Waals surface area contributed by atoms with Crippen molar-refractivity contribution in [2.75, 3.05) is 5.32 Å². The van der Waals surface area contributed by atoms with Crippen molar-refractivity contribution in [3.05, 3.63) is 103 Å². The number of aromatic amines is 1. The zero-order valence-corrected chi connectivity index (χ0v) is 25.3. The SMILES string of the molecule is Cc1ccc(C(=O)Nc2ccc3nc(Sc4ccc(-c5nc6sc7c(c6c(=O)[nH]5)CCCC7)cc4[N+](=O)[O-])sc3c2)cc1. The number of hydrogen-bond acceptors (Lipinski definition) is 9. The number of thiophene rings is 1. The Morgan fingerprint density at radius 2 is 1.84 bits per heavy atom. The summed E-state index contributed by atoms with van der Waals surface area (Å²) < 4.78 is 1.47. The normalized spacial score (nSPS) is 12.9. The van der Waals surface area contributed by atoms with Gasteiger partial charge in [-0.3, -0.25) is 19.7 Å². The van der Waals surface area contributed by atoms with Crippen LogP contribution in [0.5, 0.6) is 0 Å². The van der Waals surface area contributed by atoms with Crippen LogP contribution in [0.4, 0.5) is 11.4 Å². The van der Waals surface area contributed by atoms with Gasteiger partial charge in [0.15, 0.2) is 4.34 Å². The maximum absolute atomic E-state index is 13.0. The summed E-state index contributed by atoms with van der Waals surface area (Å²) in [5.41, 5.74) is 4.28. The Morgan fingerprint density at radius 3 is 2.65 bits per heavy atom. The topological polar surface area (TPSA) is 131 Å². The number of nitro benzene ring substituents is 1. The van der Waals surface area contributed by atoms with Crippen LogP contribution in [0, 0.1) is 17.0 Å². The highest BCUT2D eigenvalue weighted by molar-refractivity contribution is 8.01. The fraction of sp³-hybridized carbons (Fsp3) is 0.161. The van der Waals surface area contributed by atoms with E-state index in [-0.39, 0.29) is 17.2 Å². The Hall–Kier alpha value is -4.39. The van der Waals surface area contributed by atoms with Gasteiger partial charge in [0.1, 0.15) is 10.7 Å². The molecule has 1 amide bonds. The van der Waals surface area contributed by atoms with Crippen molar-refractivity contribution in [2.45, 2.75) is 41.8 Å².